The number of rotatable bonds is 6. The summed E-state index contributed by atoms with van der Waals surface area (Å²) in [5.41, 5.74) is 0.792. The van der Waals surface area contributed by atoms with Crippen molar-refractivity contribution in [3.8, 4) is 0 Å². The normalized spacial score (nSPS) is 10.6. The quantitative estimate of drug-likeness (QED) is 0.872. The maximum atomic E-state index is 14.2. The highest BCUT2D eigenvalue weighted by atomic mass is 19.1. The molecule has 1 aromatic carbocycles. The molecule has 2 aromatic rings. The summed E-state index contributed by atoms with van der Waals surface area (Å²) in [4.78, 5) is 27.1. The van der Waals surface area contributed by atoms with Gasteiger partial charge in [0.25, 0.3) is 5.91 Å². The summed E-state index contributed by atoms with van der Waals surface area (Å²) in [7, 11) is 3.29. The average Bonchev–Trinajstić information content (AvgIpc) is 3.07. The van der Waals surface area contributed by atoms with E-state index in [0.717, 1.165) is 0 Å². The first kappa shape index (κ1) is 18.5. The summed E-state index contributed by atoms with van der Waals surface area (Å²) in [6.45, 7) is 3.75. The molecule has 134 valence electrons. The maximum absolute atomic E-state index is 14.2. The Morgan fingerprint density at radius 3 is 2.52 bits per heavy atom. The van der Waals surface area contributed by atoms with E-state index in [1.807, 2.05) is 13.8 Å². The van der Waals surface area contributed by atoms with Gasteiger partial charge in [0, 0.05) is 25.8 Å². The van der Waals surface area contributed by atoms with E-state index in [0.29, 0.717) is 11.4 Å². The Morgan fingerprint density at radius 2 is 1.96 bits per heavy atom. The maximum Gasteiger partial charge on any atom is 0.289 e. The third-order valence-corrected chi connectivity index (χ3v) is 3.85. The van der Waals surface area contributed by atoms with Gasteiger partial charge in [-0.05, 0) is 44.2 Å². The number of carbonyl (C=O) groups is 2. The molecule has 0 saturated heterocycles. The molecule has 1 heterocycles. The van der Waals surface area contributed by atoms with Gasteiger partial charge in [-0.1, -0.05) is 0 Å². The molecule has 0 fully saturated rings. The topological polar surface area (TPSA) is 65.8 Å². The number of nitrogens with zero attached hydrogens (tertiary/aromatic N) is 2. The van der Waals surface area contributed by atoms with Crippen LogP contribution in [-0.4, -0.2) is 43.4 Å². The minimum atomic E-state index is -0.424. The monoisotopic (exact) mass is 347 g/mol. The second-order valence-electron chi connectivity index (χ2n) is 6.06. The summed E-state index contributed by atoms with van der Waals surface area (Å²) in [6.07, 6.45) is 1.39. The molecule has 0 aliphatic heterocycles. The van der Waals surface area contributed by atoms with Crippen LogP contribution in [0.3, 0.4) is 0 Å². The van der Waals surface area contributed by atoms with Crippen LogP contribution in [0.25, 0.3) is 0 Å². The molecule has 0 bridgehead atoms. The minimum absolute atomic E-state index is 0.149. The van der Waals surface area contributed by atoms with Crippen LogP contribution < -0.4 is 10.2 Å². The van der Waals surface area contributed by atoms with E-state index in [-0.39, 0.29) is 18.3 Å². The SMILES string of the molecule is CC(C)N(C)c1ccc(NC(=O)CN(C)C(=O)c2ccco2)cc1F. The zero-order valence-corrected chi connectivity index (χ0v) is 14.7. The van der Waals surface area contributed by atoms with Crippen LogP contribution in [0.4, 0.5) is 15.8 Å². The average molecular weight is 347 g/mol. The number of anilines is 2. The van der Waals surface area contributed by atoms with Crippen LogP contribution in [0.15, 0.2) is 41.0 Å². The Bertz CT molecular complexity index is 744. The van der Waals surface area contributed by atoms with Crippen molar-refractivity contribution in [2.75, 3.05) is 30.9 Å². The van der Waals surface area contributed by atoms with Crippen LogP contribution in [0.2, 0.25) is 0 Å². The molecule has 0 atom stereocenters. The molecule has 0 aliphatic carbocycles. The number of furan rings is 1. The highest BCUT2D eigenvalue weighted by Gasteiger charge is 2.18. The van der Waals surface area contributed by atoms with Gasteiger partial charge in [0.05, 0.1) is 18.5 Å². The minimum Gasteiger partial charge on any atom is -0.459 e. The predicted octanol–water partition coefficient (Wildman–Crippen LogP) is 2.97. The third-order valence-electron chi connectivity index (χ3n) is 3.85. The molecule has 0 radical (unpaired) electrons. The van der Waals surface area contributed by atoms with E-state index in [2.05, 4.69) is 5.32 Å². The lowest BCUT2D eigenvalue weighted by atomic mass is 10.2. The molecule has 7 heteroatoms. The highest BCUT2D eigenvalue weighted by Crippen LogP contribution is 2.23. The van der Waals surface area contributed by atoms with Crippen molar-refractivity contribution >= 4 is 23.2 Å². The van der Waals surface area contributed by atoms with Gasteiger partial charge in [0.2, 0.25) is 5.91 Å². The fourth-order valence-corrected chi connectivity index (χ4v) is 2.22. The number of nitrogens with one attached hydrogen (secondary N) is 1. The van der Waals surface area contributed by atoms with E-state index < -0.39 is 17.6 Å². The number of hydrogen-bond donors (Lipinski definition) is 1. The van der Waals surface area contributed by atoms with Gasteiger partial charge < -0.3 is 19.5 Å². The van der Waals surface area contributed by atoms with Crippen LogP contribution in [0.1, 0.15) is 24.4 Å². The molecule has 0 saturated carbocycles. The zero-order valence-electron chi connectivity index (χ0n) is 14.7. The molecular weight excluding hydrogens is 325 g/mol. The van der Waals surface area contributed by atoms with Gasteiger partial charge in [-0.25, -0.2) is 4.39 Å². The van der Waals surface area contributed by atoms with Crippen molar-refractivity contribution in [3.63, 3.8) is 0 Å². The van der Waals surface area contributed by atoms with Crippen molar-refractivity contribution in [1.29, 1.82) is 0 Å². The predicted molar refractivity (Wildman–Crippen MR) is 94.2 cm³/mol. The van der Waals surface area contributed by atoms with Gasteiger partial charge in [0.1, 0.15) is 5.82 Å². The first-order chi connectivity index (χ1) is 11.8. The lowest BCUT2D eigenvalue weighted by Crippen LogP contribution is -2.34. The Labute approximate surface area is 146 Å². The van der Waals surface area contributed by atoms with E-state index in [9.17, 15) is 14.0 Å². The van der Waals surface area contributed by atoms with E-state index in [1.165, 1.54) is 30.3 Å². The third kappa shape index (κ3) is 4.59. The molecule has 6 nitrogen and oxygen atoms in total. The molecule has 0 unspecified atom stereocenters. The van der Waals surface area contributed by atoms with Crippen LogP contribution in [-0.2, 0) is 4.79 Å². The number of benzene rings is 1. The molecule has 25 heavy (non-hydrogen) atoms. The first-order valence-electron chi connectivity index (χ1n) is 7.90. The van der Waals surface area contributed by atoms with Crippen molar-refractivity contribution in [1.82, 2.24) is 4.90 Å². The number of carbonyl (C=O) groups excluding carboxylic acids is 2. The molecule has 2 rings (SSSR count). The molecule has 1 aromatic heterocycles. The standard InChI is InChI=1S/C18H22FN3O3/c1-12(2)22(4)15-8-7-13(10-14(15)19)20-17(23)11-21(3)18(24)16-6-5-9-25-16/h5-10,12H,11H2,1-4H3,(H,20,23). The Morgan fingerprint density at radius 1 is 1.24 bits per heavy atom. The molecule has 1 N–H and O–H groups in total. The second kappa shape index (κ2) is 7.83. The van der Waals surface area contributed by atoms with Crippen LogP contribution in [0, 0.1) is 5.82 Å². The Kier molecular flexibility index (Phi) is 5.80. The zero-order chi connectivity index (χ0) is 18.6. The van der Waals surface area contributed by atoms with Gasteiger partial charge >= 0.3 is 0 Å². The van der Waals surface area contributed by atoms with E-state index >= 15 is 0 Å². The van der Waals surface area contributed by atoms with Crippen molar-refractivity contribution in [3.05, 3.63) is 48.2 Å². The summed E-state index contributed by atoms with van der Waals surface area (Å²) < 4.78 is 19.2. The largest absolute Gasteiger partial charge is 0.459 e. The molecular formula is C18H22FN3O3. The van der Waals surface area contributed by atoms with Gasteiger partial charge in [0.15, 0.2) is 5.76 Å². The summed E-state index contributed by atoms with van der Waals surface area (Å²) in [5, 5.41) is 2.59. The van der Waals surface area contributed by atoms with E-state index in [1.54, 1.807) is 30.1 Å². The number of hydrogen-bond acceptors (Lipinski definition) is 4. The van der Waals surface area contributed by atoms with Crippen molar-refractivity contribution in [2.24, 2.45) is 0 Å². The van der Waals surface area contributed by atoms with Crippen molar-refractivity contribution < 1.29 is 18.4 Å². The number of halogens is 1. The Hall–Kier alpha value is -2.83. The fraction of sp³-hybridized carbons (Fsp3) is 0.333. The van der Waals surface area contributed by atoms with Crippen LogP contribution >= 0.6 is 0 Å². The summed E-state index contributed by atoms with van der Waals surface area (Å²) in [5.74, 6) is -1.09. The van der Waals surface area contributed by atoms with Gasteiger partial charge in [-0.2, -0.15) is 0 Å². The van der Waals surface area contributed by atoms with Gasteiger partial charge in [-0.3, -0.25) is 9.59 Å². The molecule has 0 aliphatic rings. The number of amides is 2. The fourth-order valence-electron chi connectivity index (χ4n) is 2.22. The summed E-state index contributed by atoms with van der Waals surface area (Å²) in [6, 6.07) is 7.78. The summed E-state index contributed by atoms with van der Waals surface area (Å²) >= 11 is 0. The van der Waals surface area contributed by atoms with Crippen molar-refractivity contribution in [2.45, 2.75) is 19.9 Å². The molecule has 0 spiro atoms. The smallest absolute Gasteiger partial charge is 0.289 e. The highest BCUT2D eigenvalue weighted by molar-refractivity contribution is 5.98. The van der Waals surface area contributed by atoms with E-state index in [4.69, 9.17) is 4.42 Å². The van der Waals surface area contributed by atoms with Crippen LogP contribution in [0.5, 0.6) is 0 Å². The lowest BCUT2D eigenvalue weighted by molar-refractivity contribution is -0.116. The Balaban J connectivity index is 1.98. The lowest BCUT2D eigenvalue weighted by Gasteiger charge is -2.24. The number of likely N-dealkylation sites (N-methyl/N-ethyl adjacent to an activating group) is 1. The van der Waals surface area contributed by atoms with Gasteiger partial charge in [-0.15, -0.1) is 0 Å². The molecule has 2 amide bonds. The second-order valence-corrected chi connectivity index (χ2v) is 6.06. The first-order valence-corrected chi connectivity index (χ1v) is 7.90.